The van der Waals surface area contributed by atoms with Crippen LogP contribution < -0.4 is 32.3 Å². The number of benzene rings is 4. The number of nitrogens with one attached hydrogen (secondary N) is 5. The fourth-order valence-electron chi connectivity index (χ4n) is 7.31. The number of hydrogen-bond donors (Lipinski definition) is 6. The first-order chi connectivity index (χ1) is 32.9. The predicted octanol–water partition coefficient (Wildman–Crippen LogP) is 10.4. The summed E-state index contributed by atoms with van der Waals surface area (Å²) in [4.78, 5) is 62.7. The van der Waals surface area contributed by atoms with Crippen LogP contribution in [0.2, 0.25) is 0 Å². The number of aromatic nitrogens is 4. The van der Waals surface area contributed by atoms with Gasteiger partial charge in [0.25, 0.3) is 23.6 Å². The molecule has 0 bridgehead atoms. The molecule has 0 aliphatic carbocycles. The lowest BCUT2D eigenvalue weighted by Gasteiger charge is -2.19. The number of carbonyl (C=O) groups is 5. The van der Waals surface area contributed by atoms with Crippen molar-refractivity contribution in [2.75, 3.05) is 32.3 Å². The van der Waals surface area contributed by atoms with Crippen LogP contribution in [0.1, 0.15) is 62.7 Å². The minimum absolute atomic E-state index is 0. The Hall–Kier alpha value is -8.76. The normalized spacial score (nSPS) is 10.7. The van der Waals surface area contributed by atoms with Crippen LogP contribution in [0, 0.1) is 0 Å². The summed E-state index contributed by atoms with van der Waals surface area (Å²) in [5, 5.41) is 14.2. The fraction of sp³-hybridized carbons (Fsp3) is 0.151. The number of para-hydroxylation sites is 2. The van der Waals surface area contributed by atoms with E-state index in [4.69, 9.17) is 10.5 Å². The number of hydrogen-bond acceptors (Lipinski definition) is 7. The van der Waals surface area contributed by atoms with E-state index in [1.54, 1.807) is 89.8 Å². The van der Waals surface area contributed by atoms with Crippen molar-refractivity contribution in [3.8, 4) is 22.3 Å². The molecule has 8 aromatic rings. The molecule has 4 aromatic heterocycles. The number of nitrogen functional groups attached to an aromatic ring is 1. The highest BCUT2D eigenvalue weighted by Crippen LogP contribution is 2.27. The molecule has 70 heavy (non-hydrogen) atoms. The molecule has 7 N–H and O–H groups in total. The van der Waals surface area contributed by atoms with Gasteiger partial charge in [0.05, 0.1) is 11.4 Å². The second-order valence-electron chi connectivity index (χ2n) is 17.3. The Morgan fingerprint density at radius 2 is 0.757 bits per heavy atom. The van der Waals surface area contributed by atoms with E-state index < -0.39 is 11.7 Å². The van der Waals surface area contributed by atoms with Crippen molar-refractivity contribution in [2.45, 2.75) is 26.4 Å². The van der Waals surface area contributed by atoms with Gasteiger partial charge in [0.15, 0.2) is 0 Å². The fourth-order valence-corrected chi connectivity index (χ4v) is 7.31. The van der Waals surface area contributed by atoms with Crippen LogP contribution in [0.5, 0.6) is 0 Å². The van der Waals surface area contributed by atoms with E-state index in [1.807, 2.05) is 136 Å². The molecule has 0 saturated carbocycles. The lowest BCUT2D eigenvalue weighted by molar-refractivity contribution is 0.0635. The molecule has 4 aromatic carbocycles. The second kappa shape index (κ2) is 21.9. The third-order valence-corrected chi connectivity index (χ3v) is 10.6. The lowest BCUT2D eigenvalue weighted by atomic mass is 10.1. The average Bonchev–Trinajstić information content (AvgIpc) is 4.08. The first-order valence-electron chi connectivity index (χ1n) is 21.9. The summed E-state index contributed by atoms with van der Waals surface area (Å²) in [7, 11) is 7.15. The van der Waals surface area contributed by atoms with E-state index in [0.717, 1.165) is 33.6 Å². The molecule has 0 aliphatic rings. The van der Waals surface area contributed by atoms with Gasteiger partial charge in [0.2, 0.25) is 0 Å². The zero-order valence-corrected chi connectivity index (χ0v) is 40.6. The van der Waals surface area contributed by atoms with Gasteiger partial charge in [-0.25, -0.2) is 4.79 Å². The number of aryl methyl sites for hydroxylation is 4. The van der Waals surface area contributed by atoms with Gasteiger partial charge in [0, 0.05) is 86.9 Å². The van der Waals surface area contributed by atoms with E-state index >= 15 is 0 Å². The van der Waals surface area contributed by atoms with E-state index in [0.29, 0.717) is 45.5 Å². The molecule has 0 unspecified atom stereocenters. The van der Waals surface area contributed by atoms with Crippen molar-refractivity contribution in [1.82, 2.24) is 18.3 Å². The average molecular weight is 964 g/mol. The Kier molecular flexibility index (Phi) is 15.8. The molecule has 0 saturated heterocycles. The highest BCUT2D eigenvalue weighted by atomic mass is 35.5. The van der Waals surface area contributed by atoms with Gasteiger partial charge in [-0.1, -0.05) is 60.7 Å². The van der Waals surface area contributed by atoms with Gasteiger partial charge in [-0.15, -0.1) is 12.4 Å². The van der Waals surface area contributed by atoms with E-state index in [2.05, 4.69) is 26.6 Å². The quantitative estimate of drug-likeness (QED) is 0.0740. The van der Waals surface area contributed by atoms with Crippen molar-refractivity contribution in [1.29, 1.82) is 0 Å². The SMILES string of the molecule is Cl.Cn1cc(N)cc1C(=O)Nc1ccc(-c2cc(C(=O)Nc3ccccc3)n(C)c2)cc1.Cn1cc(NC(=O)OC(C)(C)C)cc1C(=O)Nc1ccc(-c2cc(C(=O)Nc3ccccc3)n(C)c2)cc1. The van der Waals surface area contributed by atoms with E-state index in [1.165, 1.54) is 0 Å². The number of nitrogens with zero attached hydrogens (tertiary/aromatic N) is 4. The third kappa shape index (κ3) is 13.0. The molecule has 0 aliphatic heterocycles. The Balaban J connectivity index is 0.000000231. The monoisotopic (exact) mass is 962 g/mol. The van der Waals surface area contributed by atoms with E-state index in [-0.39, 0.29) is 36.0 Å². The van der Waals surface area contributed by atoms with Gasteiger partial charge < -0.3 is 50.0 Å². The molecule has 17 heteroatoms. The summed E-state index contributed by atoms with van der Waals surface area (Å²) < 4.78 is 12.1. The molecule has 5 amide bonds. The molecular weight excluding hydrogens is 908 g/mol. The summed E-state index contributed by atoms with van der Waals surface area (Å²) in [5.74, 6) is -0.925. The lowest BCUT2D eigenvalue weighted by Crippen LogP contribution is -2.27. The summed E-state index contributed by atoms with van der Waals surface area (Å²) in [5.41, 5.74) is 14.4. The smallest absolute Gasteiger partial charge is 0.412 e. The number of carbonyl (C=O) groups excluding carboxylic acids is 5. The number of anilines is 6. The Morgan fingerprint density at radius 3 is 1.13 bits per heavy atom. The Morgan fingerprint density at radius 1 is 0.414 bits per heavy atom. The maximum absolute atomic E-state index is 12.9. The zero-order valence-electron chi connectivity index (χ0n) is 39.7. The van der Waals surface area contributed by atoms with Crippen molar-refractivity contribution < 1.29 is 28.7 Å². The van der Waals surface area contributed by atoms with Gasteiger partial charge in [-0.3, -0.25) is 24.5 Å². The molecule has 8 rings (SSSR count). The predicted molar refractivity (Wildman–Crippen MR) is 279 cm³/mol. The van der Waals surface area contributed by atoms with Crippen LogP contribution in [0.4, 0.5) is 38.9 Å². The van der Waals surface area contributed by atoms with Crippen molar-refractivity contribution in [2.24, 2.45) is 28.2 Å². The summed E-state index contributed by atoms with van der Waals surface area (Å²) in [6, 6.07) is 40.4. The van der Waals surface area contributed by atoms with Crippen molar-refractivity contribution in [3.63, 3.8) is 0 Å². The maximum atomic E-state index is 12.9. The first-order valence-corrected chi connectivity index (χ1v) is 21.9. The van der Waals surface area contributed by atoms with Crippen LogP contribution in [-0.2, 0) is 32.9 Å². The van der Waals surface area contributed by atoms with Crippen LogP contribution in [0.25, 0.3) is 22.3 Å². The van der Waals surface area contributed by atoms with Crippen molar-refractivity contribution >= 4 is 76.3 Å². The number of nitrogens with two attached hydrogens (primary N) is 1. The zero-order chi connectivity index (χ0) is 49.4. The van der Waals surface area contributed by atoms with Gasteiger partial charge in [-0.05, 0) is 105 Å². The Labute approximate surface area is 411 Å². The molecule has 4 heterocycles. The molecule has 0 fully saturated rings. The highest BCUT2D eigenvalue weighted by Gasteiger charge is 2.20. The van der Waals surface area contributed by atoms with Crippen LogP contribution in [0.3, 0.4) is 0 Å². The van der Waals surface area contributed by atoms with E-state index in [9.17, 15) is 24.0 Å². The van der Waals surface area contributed by atoms with Crippen LogP contribution in [0.15, 0.2) is 158 Å². The van der Waals surface area contributed by atoms with Crippen LogP contribution >= 0.6 is 12.4 Å². The topological polar surface area (TPSA) is 200 Å². The number of halogens is 1. The molecule has 0 radical (unpaired) electrons. The van der Waals surface area contributed by atoms with Crippen molar-refractivity contribution in [3.05, 3.63) is 181 Å². The second-order valence-corrected chi connectivity index (χ2v) is 17.3. The number of amides is 5. The molecule has 0 spiro atoms. The van der Waals surface area contributed by atoms with Gasteiger partial charge in [0.1, 0.15) is 28.4 Å². The standard InChI is InChI=1S/C29H31N5O4.C24H23N5O2.ClH/c1-29(2,3)38-28(37)32-23-16-25(34(5)18-23)27(36)31-22-13-11-19(12-14-22)20-15-24(33(4)17-20)26(35)30-21-9-7-6-8-10-21;1-28-14-17(12-21(28)23(30)26-19-6-4-3-5-7-19)16-8-10-20(11-9-16)27-24(31)22-13-18(25)15-29(22)2;/h6-18H,1-5H3,(H,30,35)(H,31,36)(H,32,37);3-15H,25H2,1-2H3,(H,26,30)(H,27,31);1H. The maximum Gasteiger partial charge on any atom is 0.412 e. The summed E-state index contributed by atoms with van der Waals surface area (Å²) >= 11 is 0. The summed E-state index contributed by atoms with van der Waals surface area (Å²) in [6.45, 7) is 5.34. The first kappa shape index (κ1) is 50.6. The molecule has 16 nitrogen and oxygen atoms in total. The molecular formula is C53H55ClN10O6. The third-order valence-electron chi connectivity index (χ3n) is 10.6. The molecule has 0 atom stereocenters. The Bertz CT molecular complexity index is 3130. The van der Waals surface area contributed by atoms with Crippen LogP contribution in [-0.4, -0.2) is 53.6 Å². The minimum atomic E-state index is -0.624. The minimum Gasteiger partial charge on any atom is -0.444 e. The van der Waals surface area contributed by atoms with Gasteiger partial charge >= 0.3 is 6.09 Å². The van der Waals surface area contributed by atoms with Gasteiger partial charge in [-0.2, -0.15) is 0 Å². The number of ether oxygens (including phenoxy) is 1. The highest BCUT2D eigenvalue weighted by molar-refractivity contribution is 6.06. The molecule has 360 valence electrons. The summed E-state index contributed by atoms with van der Waals surface area (Å²) in [6.07, 6.45) is 6.53. The number of rotatable bonds is 11. The largest absolute Gasteiger partial charge is 0.444 e.